The van der Waals surface area contributed by atoms with Crippen molar-refractivity contribution < 1.29 is 4.74 Å². The predicted molar refractivity (Wildman–Crippen MR) is 62.5 cm³/mol. The van der Waals surface area contributed by atoms with E-state index in [9.17, 15) is 0 Å². The lowest BCUT2D eigenvalue weighted by molar-refractivity contribution is 0.119. The van der Waals surface area contributed by atoms with Crippen molar-refractivity contribution in [3.8, 4) is 5.75 Å². The van der Waals surface area contributed by atoms with Crippen molar-refractivity contribution in [2.75, 3.05) is 6.54 Å². The van der Waals surface area contributed by atoms with E-state index in [1.807, 2.05) is 26.0 Å². The van der Waals surface area contributed by atoms with E-state index in [2.05, 4.69) is 0 Å². The average molecular weight is 236 g/mol. The van der Waals surface area contributed by atoms with E-state index >= 15 is 0 Å². The fourth-order valence-corrected chi connectivity index (χ4v) is 0.989. The second-order valence-electron chi connectivity index (χ2n) is 3.52. The Balaban J connectivity index is 0.00000169. The van der Waals surface area contributed by atoms with E-state index in [-0.39, 0.29) is 18.0 Å². The molecular formula is C10H15Cl2NO. The molecule has 0 aliphatic heterocycles. The molecule has 1 aromatic rings. The summed E-state index contributed by atoms with van der Waals surface area (Å²) >= 11 is 5.74. The van der Waals surface area contributed by atoms with Crippen LogP contribution in [-0.4, -0.2) is 12.1 Å². The van der Waals surface area contributed by atoms with Crippen molar-refractivity contribution in [3.05, 3.63) is 29.3 Å². The Morgan fingerprint density at radius 2 is 1.79 bits per heavy atom. The summed E-state index contributed by atoms with van der Waals surface area (Å²) in [6.07, 6.45) is 0. The van der Waals surface area contributed by atoms with Gasteiger partial charge in [0.25, 0.3) is 0 Å². The normalized spacial score (nSPS) is 10.6. The summed E-state index contributed by atoms with van der Waals surface area (Å²) in [5, 5.41) is 0.706. The summed E-state index contributed by atoms with van der Waals surface area (Å²) < 4.78 is 5.62. The van der Waals surface area contributed by atoms with Crippen LogP contribution >= 0.6 is 24.0 Å². The Morgan fingerprint density at radius 3 is 2.21 bits per heavy atom. The van der Waals surface area contributed by atoms with Gasteiger partial charge in [-0.2, -0.15) is 0 Å². The van der Waals surface area contributed by atoms with E-state index in [4.69, 9.17) is 22.1 Å². The minimum atomic E-state index is -0.326. The monoisotopic (exact) mass is 235 g/mol. The molecule has 0 radical (unpaired) electrons. The number of hydrogen-bond donors (Lipinski definition) is 1. The van der Waals surface area contributed by atoms with Gasteiger partial charge >= 0.3 is 0 Å². The molecule has 0 amide bonds. The maximum absolute atomic E-state index is 5.74. The lowest BCUT2D eigenvalue weighted by Gasteiger charge is -2.24. The third kappa shape index (κ3) is 4.18. The Labute approximate surface area is 95.8 Å². The third-order valence-corrected chi connectivity index (χ3v) is 1.95. The molecule has 1 rings (SSSR count). The summed E-state index contributed by atoms with van der Waals surface area (Å²) in [6, 6.07) is 7.26. The molecule has 0 saturated carbocycles. The molecule has 0 saturated heterocycles. The van der Waals surface area contributed by atoms with Crippen LogP contribution in [0.4, 0.5) is 0 Å². The van der Waals surface area contributed by atoms with Crippen LogP contribution in [0.3, 0.4) is 0 Å². The van der Waals surface area contributed by atoms with Crippen molar-refractivity contribution in [2.24, 2.45) is 5.73 Å². The molecule has 2 nitrogen and oxygen atoms in total. The molecule has 0 bridgehead atoms. The highest BCUT2D eigenvalue weighted by Gasteiger charge is 2.16. The minimum Gasteiger partial charge on any atom is -0.487 e. The highest BCUT2D eigenvalue weighted by molar-refractivity contribution is 6.30. The number of nitrogens with two attached hydrogens (primary N) is 1. The van der Waals surface area contributed by atoms with Crippen LogP contribution in [0.5, 0.6) is 5.75 Å². The average Bonchev–Trinajstić information content (AvgIpc) is 2.09. The maximum atomic E-state index is 5.74. The molecule has 0 unspecified atom stereocenters. The summed E-state index contributed by atoms with van der Waals surface area (Å²) in [5.74, 6) is 0.792. The molecule has 14 heavy (non-hydrogen) atoms. The molecule has 0 atom stereocenters. The molecule has 0 heterocycles. The van der Waals surface area contributed by atoms with Crippen LogP contribution < -0.4 is 10.5 Å². The first-order valence-electron chi connectivity index (χ1n) is 4.18. The van der Waals surface area contributed by atoms with E-state index in [1.165, 1.54) is 0 Å². The zero-order valence-electron chi connectivity index (χ0n) is 8.29. The van der Waals surface area contributed by atoms with Gasteiger partial charge in [-0.3, -0.25) is 0 Å². The summed E-state index contributed by atoms with van der Waals surface area (Å²) in [5.41, 5.74) is 5.21. The standard InChI is InChI=1S/C10H14ClNO.ClH/c1-10(2,7-12)13-9-5-3-8(11)4-6-9;/h3-6H,7,12H2,1-2H3;1H. The second kappa shape index (κ2) is 5.44. The first-order valence-corrected chi connectivity index (χ1v) is 4.56. The van der Waals surface area contributed by atoms with E-state index in [0.717, 1.165) is 5.75 Å². The molecule has 1 aromatic carbocycles. The van der Waals surface area contributed by atoms with Gasteiger partial charge in [-0.1, -0.05) is 11.6 Å². The van der Waals surface area contributed by atoms with Gasteiger partial charge in [0.2, 0.25) is 0 Å². The summed E-state index contributed by atoms with van der Waals surface area (Å²) in [4.78, 5) is 0. The van der Waals surface area contributed by atoms with Crippen molar-refractivity contribution >= 4 is 24.0 Å². The summed E-state index contributed by atoms with van der Waals surface area (Å²) in [6.45, 7) is 4.37. The molecule has 80 valence electrons. The van der Waals surface area contributed by atoms with Gasteiger partial charge < -0.3 is 10.5 Å². The predicted octanol–water partition coefficient (Wildman–Crippen LogP) is 2.88. The number of halogens is 2. The molecule has 0 fully saturated rings. The van der Waals surface area contributed by atoms with Crippen molar-refractivity contribution in [1.82, 2.24) is 0 Å². The van der Waals surface area contributed by atoms with E-state index in [0.29, 0.717) is 11.6 Å². The van der Waals surface area contributed by atoms with Gasteiger partial charge in [0.15, 0.2) is 0 Å². The van der Waals surface area contributed by atoms with E-state index in [1.54, 1.807) is 12.1 Å². The topological polar surface area (TPSA) is 35.2 Å². The molecule has 0 aromatic heterocycles. The Kier molecular flexibility index (Phi) is 5.27. The van der Waals surface area contributed by atoms with Crippen molar-refractivity contribution in [3.63, 3.8) is 0 Å². The van der Waals surface area contributed by atoms with Gasteiger partial charge in [-0.25, -0.2) is 0 Å². The van der Waals surface area contributed by atoms with Gasteiger partial charge in [0.1, 0.15) is 11.4 Å². The fourth-order valence-electron chi connectivity index (χ4n) is 0.863. The molecule has 2 N–H and O–H groups in total. The number of rotatable bonds is 3. The highest BCUT2D eigenvalue weighted by atomic mass is 35.5. The van der Waals surface area contributed by atoms with Crippen LogP contribution in [-0.2, 0) is 0 Å². The first kappa shape index (κ1) is 13.6. The van der Waals surface area contributed by atoms with Crippen molar-refractivity contribution in [2.45, 2.75) is 19.4 Å². The minimum absolute atomic E-state index is 0. The fraction of sp³-hybridized carbons (Fsp3) is 0.400. The Hall–Kier alpha value is -0.440. The van der Waals surface area contributed by atoms with Crippen LogP contribution in [0, 0.1) is 0 Å². The van der Waals surface area contributed by atoms with Gasteiger partial charge in [0, 0.05) is 11.6 Å². The smallest absolute Gasteiger partial charge is 0.120 e. The van der Waals surface area contributed by atoms with Crippen LogP contribution in [0.15, 0.2) is 24.3 Å². The van der Waals surface area contributed by atoms with Gasteiger partial charge in [0.05, 0.1) is 0 Å². The first-order chi connectivity index (χ1) is 6.03. The summed E-state index contributed by atoms with van der Waals surface area (Å²) in [7, 11) is 0. The zero-order chi connectivity index (χ0) is 9.90. The lowest BCUT2D eigenvalue weighted by atomic mass is 10.1. The number of benzene rings is 1. The third-order valence-electron chi connectivity index (χ3n) is 1.70. The molecule has 0 aliphatic rings. The Bertz CT molecular complexity index is 272. The van der Waals surface area contributed by atoms with Gasteiger partial charge in [-0.15, -0.1) is 12.4 Å². The quantitative estimate of drug-likeness (QED) is 0.875. The SMILES string of the molecule is CC(C)(CN)Oc1ccc(Cl)cc1.Cl. The number of ether oxygens (including phenoxy) is 1. The largest absolute Gasteiger partial charge is 0.487 e. The van der Waals surface area contributed by atoms with E-state index < -0.39 is 0 Å². The molecular weight excluding hydrogens is 221 g/mol. The lowest BCUT2D eigenvalue weighted by Crippen LogP contribution is -2.37. The molecule has 0 spiro atoms. The van der Waals surface area contributed by atoms with Gasteiger partial charge in [-0.05, 0) is 38.1 Å². The number of hydrogen-bond acceptors (Lipinski definition) is 2. The maximum Gasteiger partial charge on any atom is 0.120 e. The van der Waals surface area contributed by atoms with Crippen molar-refractivity contribution in [1.29, 1.82) is 0 Å². The molecule has 0 aliphatic carbocycles. The Morgan fingerprint density at radius 1 is 1.29 bits per heavy atom. The highest BCUT2D eigenvalue weighted by Crippen LogP contribution is 2.19. The zero-order valence-corrected chi connectivity index (χ0v) is 9.86. The molecule has 4 heteroatoms. The van der Waals surface area contributed by atoms with Crippen LogP contribution in [0.25, 0.3) is 0 Å². The second-order valence-corrected chi connectivity index (χ2v) is 3.96. The van der Waals surface area contributed by atoms with Crippen LogP contribution in [0.2, 0.25) is 5.02 Å². The van der Waals surface area contributed by atoms with Crippen LogP contribution in [0.1, 0.15) is 13.8 Å².